The van der Waals surface area contributed by atoms with E-state index in [2.05, 4.69) is 10.5 Å². The van der Waals surface area contributed by atoms with Crippen molar-refractivity contribution in [2.75, 3.05) is 20.8 Å². The van der Waals surface area contributed by atoms with Crippen molar-refractivity contribution in [2.24, 2.45) is 5.10 Å². The Bertz CT molecular complexity index is 1200. The van der Waals surface area contributed by atoms with E-state index in [0.29, 0.717) is 27.6 Å². The molecule has 3 rings (SSSR count). The molecule has 0 saturated heterocycles. The molecule has 0 aliphatic heterocycles. The number of carbonyl (C=O) groups excluding carboxylic acids is 2. The summed E-state index contributed by atoms with van der Waals surface area (Å²) in [7, 11) is 2.99. The number of hydrogen-bond acceptors (Lipinski definition) is 7. The van der Waals surface area contributed by atoms with E-state index in [1.54, 1.807) is 67.8 Å². The Labute approximate surface area is 206 Å². The van der Waals surface area contributed by atoms with Gasteiger partial charge in [0.1, 0.15) is 16.5 Å². The highest BCUT2D eigenvalue weighted by atomic mass is 35.5. The summed E-state index contributed by atoms with van der Waals surface area (Å²) in [5, 5.41) is 4.43. The van der Waals surface area contributed by atoms with Crippen LogP contribution < -0.4 is 24.4 Å². The number of carbonyl (C=O) groups is 2. The van der Waals surface area contributed by atoms with Gasteiger partial charge in [-0.3, -0.25) is 4.79 Å². The predicted molar refractivity (Wildman–Crippen MR) is 129 cm³/mol. The van der Waals surface area contributed by atoms with Crippen molar-refractivity contribution in [3.63, 3.8) is 0 Å². The summed E-state index contributed by atoms with van der Waals surface area (Å²) in [6.07, 6.45) is 1.40. The SMILES string of the molecule is COc1ccc(C(=O)Oc2ccc(/C=N/NC(=O)COc3cccc(Cl)c3Cl)cc2OC)cc1. The molecule has 0 bridgehead atoms. The first kappa shape index (κ1) is 24.9. The summed E-state index contributed by atoms with van der Waals surface area (Å²) in [6, 6.07) is 16.2. The van der Waals surface area contributed by atoms with E-state index in [1.807, 2.05) is 0 Å². The number of nitrogens with one attached hydrogen (secondary N) is 1. The molecule has 1 N–H and O–H groups in total. The fraction of sp³-hybridized carbons (Fsp3) is 0.125. The normalized spacial score (nSPS) is 10.6. The average molecular weight is 503 g/mol. The van der Waals surface area contributed by atoms with E-state index in [1.165, 1.54) is 13.3 Å². The third kappa shape index (κ3) is 6.63. The molecule has 0 heterocycles. The summed E-state index contributed by atoms with van der Waals surface area (Å²) in [4.78, 5) is 24.4. The number of benzene rings is 3. The molecule has 0 aliphatic rings. The van der Waals surface area contributed by atoms with Gasteiger partial charge in [-0.2, -0.15) is 5.10 Å². The van der Waals surface area contributed by atoms with E-state index < -0.39 is 11.9 Å². The van der Waals surface area contributed by atoms with Crippen LogP contribution in [0.2, 0.25) is 10.0 Å². The van der Waals surface area contributed by atoms with Crippen molar-refractivity contribution >= 4 is 41.3 Å². The molecule has 0 fully saturated rings. The van der Waals surface area contributed by atoms with Crippen LogP contribution in [0.15, 0.2) is 65.8 Å². The first-order valence-corrected chi connectivity index (χ1v) is 10.6. The van der Waals surface area contributed by atoms with Gasteiger partial charge in [-0.05, 0) is 60.2 Å². The fourth-order valence-electron chi connectivity index (χ4n) is 2.68. The molecule has 10 heteroatoms. The van der Waals surface area contributed by atoms with Crippen molar-refractivity contribution in [2.45, 2.75) is 0 Å². The zero-order valence-corrected chi connectivity index (χ0v) is 19.7. The molecule has 34 heavy (non-hydrogen) atoms. The van der Waals surface area contributed by atoms with Crippen LogP contribution in [0.4, 0.5) is 0 Å². The fourth-order valence-corrected chi connectivity index (χ4v) is 3.03. The van der Waals surface area contributed by atoms with Crippen LogP contribution >= 0.6 is 23.2 Å². The quantitative estimate of drug-likeness (QED) is 0.196. The molecule has 0 radical (unpaired) electrons. The van der Waals surface area contributed by atoms with Gasteiger partial charge in [-0.1, -0.05) is 29.3 Å². The number of nitrogens with zero attached hydrogens (tertiary/aromatic N) is 1. The molecule has 176 valence electrons. The number of methoxy groups -OCH3 is 2. The second kappa shape index (κ2) is 11.9. The maximum atomic E-state index is 12.4. The van der Waals surface area contributed by atoms with E-state index in [9.17, 15) is 9.59 Å². The molecule has 1 amide bonds. The number of hydrazone groups is 1. The van der Waals surface area contributed by atoms with Gasteiger partial charge in [0, 0.05) is 0 Å². The van der Waals surface area contributed by atoms with Gasteiger partial charge in [0.2, 0.25) is 0 Å². The van der Waals surface area contributed by atoms with Gasteiger partial charge < -0.3 is 18.9 Å². The maximum absolute atomic E-state index is 12.4. The van der Waals surface area contributed by atoms with E-state index >= 15 is 0 Å². The molecule has 3 aromatic carbocycles. The number of ether oxygens (including phenoxy) is 4. The molecule has 0 unspecified atom stereocenters. The Morgan fingerprint density at radius 1 is 0.941 bits per heavy atom. The standard InChI is InChI=1S/C24H20Cl2N2O6/c1-31-17-9-7-16(8-10-17)24(30)34-19-11-6-15(12-21(19)32-2)13-27-28-22(29)14-33-20-5-3-4-18(25)23(20)26/h3-13H,14H2,1-2H3,(H,28,29)/b27-13+. The van der Waals surface area contributed by atoms with Crippen molar-refractivity contribution in [3.8, 4) is 23.0 Å². The first-order valence-electron chi connectivity index (χ1n) is 9.84. The lowest BCUT2D eigenvalue weighted by molar-refractivity contribution is -0.123. The topological polar surface area (TPSA) is 95.5 Å². The van der Waals surface area contributed by atoms with E-state index in [-0.39, 0.29) is 23.1 Å². The smallest absolute Gasteiger partial charge is 0.343 e. The molecule has 0 aliphatic carbocycles. The van der Waals surface area contributed by atoms with Gasteiger partial charge in [0.15, 0.2) is 18.1 Å². The van der Waals surface area contributed by atoms with Crippen molar-refractivity contribution in [1.82, 2.24) is 5.43 Å². The summed E-state index contributed by atoms with van der Waals surface area (Å²) in [5.41, 5.74) is 3.30. The van der Waals surface area contributed by atoms with Gasteiger partial charge in [-0.15, -0.1) is 0 Å². The van der Waals surface area contributed by atoms with E-state index in [0.717, 1.165) is 0 Å². The second-order valence-corrected chi connectivity index (χ2v) is 7.45. The van der Waals surface area contributed by atoms with Gasteiger partial charge in [-0.25, -0.2) is 10.2 Å². The van der Waals surface area contributed by atoms with E-state index in [4.69, 9.17) is 42.1 Å². The number of halogens is 2. The number of hydrogen-bond donors (Lipinski definition) is 1. The number of esters is 1. The summed E-state index contributed by atoms with van der Waals surface area (Å²) < 4.78 is 21.2. The van der Waals surface area contributed by atoms with Crippen LogP contribution in [0.1, 0.15) is 15.9 Å². The lowest BCUT2D eigenvalue weighted by Gasteiger charge is -2.10. The van der Waals surface area contributed by atoms with Gasteiger partial charge in [0.05, 0.1) is 31.0 Å². The largest absolute Gasteiger partial charge is 0.497 e. The zero-order chi connectivity index (χ0) is 24.5. The predicted octanol–water partition coefficient (Wildman–Crippen LogP) is 4.76. The van der Waals surface area contributed by atoms with Crippen LogP contribution in [-0.2, 0) is 4.79 Å². The van der Waals surface area contributed by atoms with Gasteiger partial charge in [0.25, 0.3) is 5.91 Å². The summed E-state index contributed by atoms with van der Waals surface area (Å²) >= 11 is 11.9. The lowest BCUT2D eigenvalue weighted by Crippen LogP contribution is -2.24. The molecule has 0 aromatic heterocycles. The summed E-state index contributed by atoms with van der Waals surface area (Å²) in [5.74, 6) is 0.425. The van der Waals surface area contributed by atoms with Crippen LogP contribution in [0.5, 0.6) is 23.0 Å². The van der Waals surface area contributed by atoms with Crippen LogP contribution in [0, 0.1) is 0 Å². The van der Waals surface area contributed by atoms with Crippen molar-refractivity contribution in [1.29, 1.82) is 0 Å². The lowest BCUT2D eigenvalue weighted by atomic mass is 10.2. The summed E-state index contributed by atoms with van der Waals surface area (Å²) in [6.45, 7) is -0.305. The number of amides is 1. The van der Waals surface area contributed by atoms with Crippen LogP contribution in [0.3, 0.4) is 0 Å². The van der Waals surface area contributed by atoms with Crippen molar-refractivity contribution < 1.29 is 28.5 Å². The minimum atomic E-state index is -0.547. The molecule has 0 atom stereocenters. The Morgan fingerprint density at radius 2 is 1.71 bits per heavy atom. The maximum Gasteiger partial charge on any atom is 0.343 e. The minimum absolute atomic E-state index is 0.223. The highest BCUT2D eigenvalue weighted by molar-refractivity contribution is 6.42. The monoisotopic (exact) mass is 502 g/mol. The Balaban J connectivity index is 1.57. The number of rotatable bonds is 9. The Hall–Kier alpha value is -3.75. The first-order chi connectivity index (χ1) is 16.4. The molecule has 3 aromatic rings. The molecule has 0 spiro atoms. The molecule has 0 saturated carbocycles. The highest BCUT2D eigenvalue weighted by Gasteiger charge is 2.13. The second-order valence-electron chi connectivity index (χ2n) is 6.66. The molecular formula is C24H20Cl2N2O6. The Morgan fingerprint density at radius 3 is 2.41 bits per heavy atom. The van der Waals surface area contributed by atoms with Crippen molar-refractivity contribution in [3.05, 3.63) is 81.8 Å². The van der Waals surface area contributed by atoms with Crippen LogP contribution in [0.25, 0.3) is 0 Å². The molecule has 8 nitrogen and oxygen atoms in total. The minimum Gasteiger partial charge on any atom is -0.497 e. The Kier molecular flexibility index (Phi) is 8.73. The van der Waals surface area contributed by atoms with Crippen LogP contribution in [-0.4, -0.2) is 38.9 Å². The molecular weight excluding hydrogens is 483 g/mol. The third-order valence-electron chi connectivity index (χ3n) is 4.39. The third-order valence-corrected chi connectivity index (χ3v) is 5.20. The average Bonchev–Trinajstić information content (AvgIpc) is 2.85. The zero-order valence-electron chi connectivity index (χ0n) is 18.2. The van der Waals surface area contributed by atoms with Gasteiger partial charge >= 0.3 is 5.97 Å². The highest BCUT2D eigenvalue weighted by Crippen LogP contribution is 2.31.